The van der Waals surface area contributed by atoms with Crippen molar-refractivity contribution in [3.63, 3.8) is 0 Å². The van der Waals surface area contributed by atoms with Crippen LogP contribution in [0.1, 0.15) is 25.3 Å². The highest BCUT2D eigenvalue weighted by Gasteiger charge is 2.26. The van der Waals surface area contributed by atoms with E-state index in [1.165, 1.54) is 18.4 Å². The van der Waals surface area contributed by atoms with Crippen molar-refractivity contribution in [1.29, 1.82) is 5.26 Å². The third-order valence-corrected chi connectivity index (χ3v) is 3.58. The maximum Gasteiger partial charge on any atom is 0.174 e. The number of nitrogens with zero attached hydrogens (tertiary/aromatic N) is 2. The van der Waals surface area contributed by atoms with Crippen LogP contribution in [0.2, 0.25) is 0 Å². The van der Waals surface area contributed by atoms with Gasteiger partial charge in [-0.3, -0.25) is 4.90 Å². The van der Waals surface area contributed by atoms with Gasteiger partial charge < -0.3 is 10.1 Å². The summed E-state index contributed by atoms with van der Waals surface area (Å²) >= 11 is 0. The number of hydrogen-bond acceptors (Lipinski definition) is 4. The van der Waals surface area contributed by atoms with Crippen LogP contribution in [-0.4, -0.2) is 37.2 Å². The van der Waals surface area contributed by atoms with Crippen LogP contribution in [0.3, 0.4) is 0 Å². The number of ether oxygens (including phenoxy) is 1. The van der Waals surface area contributed by atoms with Crippen LogP contribution in [-0.2, 0) is 6.54 Å². The molecule has 0 bridgehead atoms. The zero-order valence-electron chi connectivity index (χ0n) is 12.1. The lowest BCUT2D eigenvalue weighted by atomic mass is 10.2. The topological polar surface area (TPSA) is 48.3 Å². The van der Waals surface area contributed by atoms with E-state index in [1.807, 2.05) is 24.3 Å². The number of benzene rings is 1. The molecule has 0 saturated heterocycles. The Balaban J connectivity index is 1.69. The van der Waals surface area contributed by atoms with Crippen molar-refractivity contribution >= 4 is 0 Å². The van der Waals surface area contributed by atoms with E-state index >= 15 is 0 Å². The molecule has 0 heterocycles. The molecule has 1 aromatic rings. The lowest BCUT2D eigenvalue weighted by Gasteiger charge is -2.19. The largest absolute Gasteiger partial charge is 0.479 e. The van der Waals surface area contributed by atoms with Crippen LogP contribution in [0, 0.1) is 11.3 Å². The average Bonchev–Trinajstić information content (AvgIpc) is 3.30. The Bertz CT molecular complexity index is 451. The molecule has 1 N–H and O–H groups in total. The van der Waals surface area contributed by atoms with E-state index in [9.17, 15) is 0 Å². The summed E-state index contributed by atoms with van der Waals surface area (Å²) in [4.78, 5) is 2.54. The van der Waals surface area contributed by atoms with Crippen LogP contribution in [0.15, 0.2) is 24.3 Å². The Kier molecular flexibility index (Phi) is 5.85. The molecule has 20 heavy (non-hydrogen) atoms. The average molecular weight is 273 g/mol. The van der Waals surface area contributed by atoms with E-state index in [-0.39, 0.29) is 6.61 Å². The smallest absolute Gasteiger partial charge is 0.174 e. The molecule has 0 aromatic heterocycles. The summed E-state index contributed by atoms with van der Waals surface area (Å²) in [5.41, 5.74) is 1.19. The minimum atomic E-state index is 0.101. The summed E-state index contributed by atoms with van der Waals surface area (Å²) in [6, 6.07) is 10.7. The summed E-state index contributed by atoms with van der Waals surface area (Å²) in [5, 5.41) is 12.0. The van der Waals surface area contributed by atoms with Crippen molar-refractivity contribution < 1.29 is 4.74 Å². The molecule has 1 aliphatic carbocycles. The summed E-state index contributed by atoms with van der Waals surface area (Å²) < 4.78 is 5.30. The first-order valence-corrected chi connectivity index (χ1v) is 7.37. The van der Waals surface area contributed by atoms with Gasteiger partial charge in [-0.2, -0.15) is 5.26 Å². The van der Waals surface area contributed by atoms with Gasteiger partial charge >= 0.3 is 0 Å². The molecule has 0 spiro atoms. The lowest BCUT2D eigenvalue weighted by Crippen LogP contribution is -2.33. The quantitative estimate of drug-likeness (QED) is 0.700. The van der Waals surface area contributed by atoms with Crippen molar-refractivity contribution in [2.24, 2.45) is 0 Å². The Morgan fingerprint density at radius 1 is 1.45 bits per heavy atom. The van der Waals surface area contributed by atoms with E-state index in [1.54, 1.807) is 0 Å². The second kappa shape index (κ2) is 7.88. The number of rotatable bonds is 9. The first kappa shape index (κ1) is 14.8. The minimum Gasteiger partial charge on any atom is -0.479 e. The van der Waals surface area contributed by atoms with Crippen LogP contribution in [0.25, 0.3) is 0 Å². The molecule has 0 amide bonds. The van der Waals surface area contributed by atoms with Crippen LogP contribution in [0.4, 0.5) is 0 Å². The van der Waals surface area contributed by atoms with Gasteiger partial charge in [0.25, 0.3) is 0 Å². The van der Waals surface area contributed by atoms with Gasteiger partial charge in [-0.25, -0.2) is 0 Å². The molecule has 2 rings (SSSR count). The highest BCUT2D eigenvalue weighted by Crippen LogP contribution is 2.25. The van der Waals surface area contributed by atoms with Gasteiger partial charge in [0, 0.05) is 25.7 Å². The molecule has 1 saturated carbocycles. The monoisotopic (exact) mass is 273 g/mol. The number of nitriles is 1. The van der Waals surface area contributed by atoms with Gasteiger partial charge in [0.2, 0.25) is 0 Å². The van der Waals surface area contributed by atoms with Gasteiger partial charge in [-0.05, 0) is 37.1 Å². The summed E-state index contributed by atoms with van der Waals surface area (Å²) in [6.45, 7) is 6.44. The Morgan fingerprint density at radius 2 is 2.30 bits per heavy atom. The second-order valence-corrected chi connectivity index (χ2v) is 5.13. The fraction of sp³-hybridized carbons (Fsp3) is 0.562. The Morgan fingerprint density at radius 3 is 3.00 bits per heavy atom. The SMILES string of the molecule is CCN(CCNCc1cccc(OCC#N)c1)C1CC1. The molecule has 4 heteroatoms. The van der Waals surface area contributed by atoms with E-state index in [2.05, 4.69) is 23.2 Å². The molecular formula is C16H23N3O. The first-order chi connectivity index (χ1) is 9.83. The Labute approximate surface area is 121 Å². The minimum absolute atomic E-state index is 0.101. The maximum atomic E-state index is 8.50. The number of likely N-dealkylation sites (N-methyl/N-ethyl adjacent to an activating group) is 1. The summed E-state index contributed by atoms with van der Waals surface area (Å²) in [5.74, 6) is 0.763. The van der Waals surface area contributed by atoms with E-state index in [0.717, 1.165) is 38.0 Å². The summed E-state index contributed by atoms with van der Waals surface area (Å²) in [7, 11) is 0. The molecule has 1 aliphatic rings. The van der Waals surface area contributed by atoms with Crippen LogP contribution >= 0.6 is 0 Å². The van der Waals surface area contributed by atoms with Crippen molar-refractivity contribution in [2.45, 2.75) is 32.4 Å². The highest BCUT2D eigenvalue weighted by atomic mass is 16.5. The third kappa shape index (κ3) is 4.84. The van der Waals surface area contributed by atoms with Crippen molar-refractivity contribution in [1.82, 2.24) is 10.2 Å². The fourth-order valence-corrected chi connectivity index (χ4v) is 2.35. The molecule has 1 fully saturated rings. The predicted octanol–water partition coefficient (Wildman–Crippen LogP) is 2.16. The zero-order valence-corrected chi connectivity index (χ0v) is 12.1. The lowest BCUT2D eigenvalue weighted by molar-refractivity contribution is 0.277. The third-order valence-electron chi connectivity index (χ3n) is 3.58. The van der Waals surface area contributed by atoms with E-state index in [4.69, 9.17) is 10.00 Å². The molecular weight excluding hydrogens is 250 g/mol. The van der Waals surface area contributed by atoms with Crippen molar-refractivity contribution in [3.05, 3.63) is 29.8 Å². The molecule has 0 unspecified atom stereocenters. The number of nitrogens with one attached hydrogen (secondary N) is 1. The molecule has 4 nitrogen and oxygen atoms in total. The Hall–Kier alpha value is -1.57. The van der Waals surface area contributed by atoms with E-state index in [0.29, 0.717) is 0 Å². The molecule has 0 atom stereocenters. The first-order valence-electron chi connectivity index (χ1n) is 7.37. The van der Waals surface area contributed by atoms with E-state index < -0.39 is 0 Å². The van der Waals surface area contributed by atoms with Gasteiger partial charge in [0.15, 0.2) is 6.61 Å². The zero-order chi connectivity index (χ0) is 14.2. The normalized spacial score (nSPS) is 14.2. The highest BCUT2D eigenvalue weighted by molar-refractivity contribution is 5.28. The second-order valence-electron chi connectivity index (χ2n) is 5.13. The van der Waals surface area contributed by atoms with Gasteiger partial charge in [-0.15, -0.1) is 0 Å². The standard InChI is InChI=1S/C16H23N3O/c1-2-19(15-6-7-15)10-9-18-13-14-4-3-5-16(12-14)20-11-8-17/h3-5,12,15,18H,2,6-7,9-11,13H2,1H3. The maximum absolute atomic E-state index is 8.50. The fourth-order valence-electron chi connectivity index (χ4n) is 2.35. The van der Waals surface area contributed by atoms with Gasteiger partial charge in [0.1, 0.15) is 11.8 Å². The van der Waals surface area contributed by atoms with Gasteiger partial charge in [-0.1, -0.05) is 19.1 Å². The molecule has 0 aliphatic heterocycles. The predicted molar refractivity (Wildman–Crippen MR) is 79.5 cm³/mol. The summed E-state index contributed by atoms with van der Waals surface area (Å²) in [6.07, 6.45) is 2.73. The molecule has 108 valence electrons. The van der Waals surface area contributed by atoms with Gasteiger partial charge in [0.05, 0.1) is 0 Å². The van der Waals surface area contributed by atoms with Crippen LogP contribution < -0.4 is 10.1 Å². The number of hydrogen-bond donors (Lipinski definition) is 1. The molecule has 1 aromatic carbocycles. The van der Waals surface area contributed by atoms with Crippen LogP contribution in [0.5, 0.6) is 5.75 Å². The van der Waals surface area contributed by atoms with Crippen molar-refractivity contribution in [2.75, 3.05) is 26.2 Å². The van der Waals surface area contributed by atoms with Crippen molar-refractivity contribution in [3.8, 4) is 11.8 Å². The molecule has 0 radical (unpaired) electrons.